The molecule has 1 fully saturated rings. The highest BCUT2D eigenvalue weighted by molar-refractivity contribution is 4.87. The van der Waals surface area contributed by atoms with Crippen LogP contribution in [-0.4, -0.2) is 57.6 Å². The van der Waals surface area contributed by atoms with Crippen LogP contribution in [-0.2, 0) is 23.7 Å². The molecular weight excluding hydrogens is 909 g/mol. The molecule has 0 aromatic carbocycles. The predicted molar refractivity (Wildman–Crippen MR) is 326 cm³/mol. The molecule has 0 aromatic heterocycles. The molecule has 0 aliphatic carbocycles. The third kappa shape index (κ3) is 50.0. The topological polar surface area (TPSA) is 46.2 Å². The SMILES string of the molecule is CCCCCCCCCCCCCCCCOC1OC[C@@H](OCCCCCCCCCCCCCCCC)[C@H](OCCCCCCCCCCCCCCCC)[C@H]1OCCCCCCCCCCCCCCCC. The first-order valence-electron chi connectivity index (χ1n) is 34.9. The summed E-state index contributed by atoms with van der Waals surface area (Å²) in [6, 6.07) is 0. The lowest BCUT2D eigenvalue weighted by atomic mass is 10.0. The van der Waals surface area contributed by atoms with Crippen LogP contribution < -0.4 is 0 Å². The molecule has 5 heteroatoms. The van der Waals surface area contributed by atoms with Gasteiger partial charge < -0.3 is 23.7 Å². The highest BCUT2D eigenvalue weighted by atomic mass is 16.7. The summed E-state index contributed by atoms with van der Waals surface area (Å²) in [4.78, 5) is 0. The van der Waals surface area contributed by atoms with E-state index in [1.165, 1.54) is 334 Å². The van der Waals surface area contributed by atoms with Crippen LogP contribution in [0.1, 0.15) is 387 Å². The molecule has 0 saturated carbocycles. The Morgan fingerprint density at radius 3 is 0.649 bits per heavy atom. The zero-order chi connectivity index (χ0) is 53.0. The van der Waals surface area contributed by atoms with E-state index in [4.69, 9.17) is 23.7 Å². The molecule has 0 radical (unpaired) electrons. The largest absolute Gasteiger partial charge is 0.373 e. The second kappa shape index (κ2) is 62.0. The van der Waals surface area contributed by atoms with E-state index in [0.29, 0.717) is 6.61 Å². The lowest BCUT2D eigenvalue weighted by molar-refractivity contribution is -0.294. The molecule has 1 heterocycles. The molecule has 4 atom stereocenters. The quantitative estimate of drug-likeness (QED) is 0.0568. The van der Waals surface area contributed by atoms with Crippen LogP contribution in [0.4, 0.5) is 0 Å². The lowest BCUT2D eigenvalue weighted by Crippen LogP contribution is -2.57. The van der Waals surface area contributed by atoms with Gasteiger partial charge in [0.1, 0.15) is 18.3 Å². The van der Waals surface area contributed by atoms with Crippen molar-refractivity contribution in [1.29, 1.82) is 0 Å². The van der Waals surface area contributed by atoms with Crippen LogP contribution in [0.15, 0.2) is 0 Å². The number of rotatable bonds is 64. The Kier molecular flexibility index (Phi) is 60.2. The maximum Gasteiger partial charge on any atom is 0.186 e. The number of unbranched alkanes of at least 4 members (excludes halogenated alkanes) is 52. The van der Waals surface area contributed by atoms with Crippen molar-refractivity contribution in [2.24, 2.45) is 0 Å². The van der Waals surface area contributed by atoms with Gasteiger partial charge in [-0.25, -0.2) is 0 Å². The van der Waals surface area contributed by atoms with Crippen molar-refractivity contribution in [2.45, 2.75) is 412 Å². The minimum Gasteiger partial charge on any atom is -0.373 e. The van der Waals surface area contributed by atoms with Gasteiger partial charge in [-0.1, -0.05) is 362 Å². The van der Waals surface area contributed by atoms with Crippen LogP contribution >= 0.6 is 0 Å². The smallest absolute Gasteiger partial charge is 0.186 e. The summed E-state index contributed by atoms with van der Waals surface area (Å²) in [6.07, 6.45) is 75.8. The normalized spacial score (nSPS) is 17.0. The van der Waals surface area contributed by atoms with Gasteiger partial charge in [0.25, 0.3) is 0 Å². The van der Waals surface area contributed by atoms with Gasteiger partial charge in [0.15, 0.2) is 6.29 Å². The van der Waals surface area contributed by atoms with E-state index in [-0.39, 0.29) is 24.6 Å². The summed E-state index contributed by atoms with van der Waals surface area (Å²) in [7, 11) is 0. The Morgan fingerprint density at radius 1 is 0.216 bits per heavy atom. The average molecular weight is 1050 g/mol. The first-order chi connectivity index (χ1) is 36.8. The second-order valence-electron chi connectivity index (χ2n) is 24.0. The van der Waals surface area contributed by atoms with Crippen LogP contribution in [0.5, 0.6) is 0 Å². The third-order valence-corrected chi connectivity index (χ3v) is 16.6. The zero-order valence-electron chi connectivity index (χ0n) is 51.5. The van der Waals surface area contributed by atoms with Crippen molar-refractivity contribution in [3.8, 4) is 0 Å². The van der Waals surface area contributed by atoms with Crippen molar-refractivity contribution in [3.05, 3.63) is 0 Å². The minimum absolute atomic E-state index is 0.106. The molecule has 74 heavy (non-hydrogen) atoms. The summed E-state index contributed by atoms with van der Waals surface area (Å²) in [5.74, 6) is 0. The van der Waals surface area contributed by atoms with Gasteiger partial charge in [-0.3, -0.25) is 0 Å². The van der Waals surface area contributed by atoms with Crippen LogP contribution in [0.2, 0.25) is 0 Å². The fourth-order valence-corrected chi connectivity index (χ4v) is 11.5. The summed E-state index contributed by atoms with van der Waals surface area (Å²) in [5.41, 5.74) is 0. The molecule has 1 aliphatic rings. The molecule has 1 aliphatic heterocycles. The van der Waals surface area contributed by atoms with Crippen LogP contribution in [0, 0.1) is 0 Å². The molecule has 0 aromatic rings. The van der Waals surface area contributed by atoms with E-state index in [1.807, 2.05) is 0 Å². The van der Waals surface area contributed by atoms with E-state index < -0.39 is 0 Å². The monoisotopic (exact) mass is 1050 g/mol. The average Bonchev–Trinajstić information content (AvgIpc) is 3.41. The van der Waals surface area contributed by atoms with Gasteiger partial charge >= 0.3 is 0 Å². The third-order valence-electron chi connectivity index (χ3n) is 16.6. The van der Waals surface area contributed by atoms with E-state index >= 15 is 0 Å². The van der Waals surface area contributed by atoms with Gasteiger partial charge in [0, 0.05) is 26.4 Å². The summed E-state index contributed by atoms with van der Waals surface area (Å²) < 4.78 is 33.7. The Labute approximate surface area is 466 Å². The number of ether oxygens (including phenoxy) is 5. The molecule has 1 unspecified atom stereocenters. The summed E-state index contributed by atoms with van der Waals surface area (Å²) in [6.45, 7) is 12.8. The van der Waals surface area contributed by atoms with Gasteiger partial charge in [0.05, 0.1) is 6.61 Å². The molecule has 0 N–H and O–H groups in total. The zero-order valence-corrected chi connectivity index (χ0v) is 51.5. The van der Waals surface area contributed by atoms with Gasteiger partial charge in [0.2, 0.25) is 0 Å². The van der Waals surface area contributed by atoms with Crippen molar-refractivity contribution in [1.82, 2.24) is 0 Å². The van der Waals surface area contributed by atoms with Crippen molar-refractivity contribution in [3.63, 3.8) is 0 Å². The maximum absolute atomic E-state index is 6.91. The molecule has 0 bridgehead atoms. The molecule has 444 valence electrons. The van der Waals surface area contributed by atoms with Gasteiger partial charge in [-0.05, 0) is 25.7 Å². The number of hydrogen-bond acceptors (Lipinski definition) is 5. The summed E-state index contributed by atoms with van der Waals surface area (Å²) in [5, 5.41) is 0. The van der Waals surface area contributed by atoms with Crippen LogP contribution in [0.25, 0.3) is 0 Å². The number of hydrogen-bond donors (Lipinski definition) is 0. The second-order valence-corrected chi connectivity index (χ2v) is 24.0. The minimum atomic E-state index is -0.383. The molecule has 1 rings (SSSR count). The molecule has 0 amide bonds. The maximum atomic E-state index is 6.91. The van der Waals surface area contributed by atoms with Crippen molar-refractivity contribution in [2.75, 3.05) is 33.0 Å². The van der Waals surface area contributed by atoms with E-state index in [0.717, 1.165) is 52.1 Å². The van der Waals surface area contributed by atoms with Gasteiger partial charge in [-0.15, -0.1) is 0 Å². The van der Waals surface area contributed by atoms with Crippen molar-refractivity contribution < 1.29 is 23.7 Å². The first-order valence-corrected chi connectivity index (χ1v) is 34.9. The fraction of sp³-hybridized carbons (Fsp3) is 1.00. The Bertz CT molecular complexity index is 929. The van der Waals surface area contributed by atoms with Crippen LogP contribution in [0.3, 0.4) is 0 Å². The molecule has 0 spiro atoms. The molecular formula is C69H138O5. The van der Waals surface area contributed by atoms with E-state index in [2.05, 4.69) is 27.7 Å². The highest BCUT2D eigenvalue weighted by Crippen LogP contribution is 2.27. The Morgan fingerprint density at radius 2 is 0.405 bits per heavy atom. The van der Waals surface area contributed by atoms with Gasteiger partial charge in [-0.2, -0.15) is 0 Å². The summed E-state index contributed by atoms with van der Waals surface area (Å²) >= 11 is 0. The lowest BCUT2D eigenvalue weighted by Gasteiger charge is -2.42. The predicted octanol–water partition coefficient (Wildman–Crippen LogP) is 23.4. The Hall–Kier alpha value is -0.200. The Balaban J connectivity index is 2.67. The fourth-order valence-electron chi connectivity index (χ4n) is 11.5. The first kappa shape index (κ1) is 71.8. The standard InChI is InChI=1S/C69H138O5/c1-5-9-13-17-21-25-29-33-37-41-45-49-53-57-61-70-66-65-74-69(73-64-60-56-52-48-44-40-36-32-28-24-20-16-12-8-4)68(72-63-59-55-51-47-43-39-35-31-27-23-19-15-11-7-3)67(66)71-62-58-54-50-46-42-38-34-30-26-22-18-14-10-6-2/h66-69H,5-65H2,1-4H3/t66-,67+,68-,69?/m1/s1. The van der Waals surface area contributed by atoms with Crippen molar-refractivity contribution >= 4 is 0 Å². The molecule has 1 saturated heterocycles. The van der Waals surface area contributed by atoms with E-state index in [9.17, 15) is 0 Å². The van der Waals surface area contributed by atoms with E-state index in [1.54, 1.807) is 0 Å². The molecule has 5 nitrogen and oxygen atoms in total. The highest BCUT2D eigenvalue weighted by Gasteiger charge is 2.43.